The Bertz CT molecular complexity index is 420. The van der Waals surface area contributed by atoms with E-state index in [0.29, 0.717) is 25.0 Å². The third-order valence-corrected chi connectivity index (χ3v) is 2.86. The monoisotopic (exact) mass is 314 g/mol. The number of carbonyl (C=O) groups excluding carboxylic acids is 3. The Morgan fingerprint density at radius 2 is 1.82 bits per heavy atom. The summed E-state index contributed by atoms with van der Waals surface area (Å²) in [5, 5.41) is 4.57. The van der Waals surface area contributed by atoms with Crippen molar-refractivity contribution in [1.82, 2.24) is 10.6 Å². The van der Waals surface area contributed by atoms with E-state index in [0.717, 1.165) is 0 Å². The molecule has 0 aromatic heterocycles. The highest BCUT2D eigenvalue weighted by Crippen LogP contribution is 2.27. The molecule has 1 fully saturated rings. The van der Waals surface area contributed by atoms with Crippen LogP contribution in [0.15, 0.2) is 11.6 Å². The Morgan fingerprint density at radius 1 is 1.18 bits per heavy atom. The maximum atomic E-state index is 11.8. The minimum absolute atomic E-state index is 0.445. The lowest BCUT2D eigenvalue weighted by molar-refractivity contribution is -0.152. The topological polar surface area (TPSA) is 93.7 Å². The van der Waals surface area contributed by atoms with Crippen LogP contribution in [-0.4, -0.2) is 37.9 Å². The number of hydrogen-bond acceptors (Lipinski definition) is 5. The van der Waals surface area contributed by atoms with Crippen LogP contribution in [0, 0.1) is 5.92 Å². The molecule has 7 nitrogen and oxygen atoms in total. The molecular weight excluding hydrogens is 288 g/mol. The van der Waals surface area contributed by atoms with Crippen molar-refractivity contribution in [2.24, 2.45) is 5.92 Å². The summed E-state index contributed by atoms with van der Waals surface area (Å²) >= 11 is 0. The zero-order valence-electron chi connectivity index (χ0n) is 13.9. The first kappa shape index (κ1) is 20.1. The van der Waals surface area contributed by atoms with Crippen LogP contribution in [0.1, 0.15) is 40.5 Å². The first-order chi connectivity index (χ1) is 10.6. The lowest BCUT2D eigenvalue weighted by atomic mass is 9.89. The van der Waals surface area contributed by atoms with E-state index in [9.17, 15) is 14.4 Å². The third-order valence-electron chi connectivity index (χ3n) is 2.86. The lowest BCUT2D eigenvalue weighted by Gasteiger charge is -2.34. The van der Waals surface area contributed by atoms with Crippen LogP contribution in [0.4, 0.5) is 4.79 Å². The van der Waals surface area contributed by atoms with Gasteiger partial charge in [0.2, 0.25) is 5.91 Å². The second kappa shape index (κ2) is 10.8. The van der Waals surface area contributed by atoms with Crippen molar-refractivity contribution >= 4 is 17.9 Å². The van der Waals surface area contributed by atoms with Gasteiger partial charge >= 0.3 is 12.0 Å². The molecule has 2 N–H and O–H groups in total. The van der Waals surface area contributed by atoms with Crippen molar-refractivity contribution in [1.29, 1.82) is 0 Å². The first-order valence-corrected chi connectivity index (χ1v) is 7.63. The van der Waals surface area contributed by atoms with E-state index in [1.165, 1.54) is 6.08 Å². The Morgan fingerprint density at radius 3 is 2.41 bits per heavy atom. The minimum atomic E-state index is -0.902. The Hall–Kier alpha value is -1.89. The number of urea groups is 1. The third kappa shape index (κ3) is 5.48. The van der Waals surface area contributed by atoms with Gasteiger partial charge in [-0.1, -0.05) is 27.7 Å². The summed E-state index contributed by atoms with van der Waals surface area (Å²) in [4.78, 5) is 34.2. The molecular formula is C15H26N2O5. The van der Waals surface area contributed by atoms with E-state index in [1.807, 2.05) is 27.7 Å². The highest BCUT2D eigenvalue weighted by Gasteiger charge is 2.42. The summed E-state index contributed by atoms with van der Waals surface area (Å²) < 4.78 is 9.85. The molecule has 2 rings (SSSR count). The molecule has 3 amide bonds. The van der Waals surface area contributed by atoms with Gasteiger partial charge in [0, 0.05) is 19.8 Å². The summed E-state index contributed by atoms with van der Waals surface area (Å²) in [7, 11) is 1.58. The van der Waals surface area contributed by atoms with Crippen LogP contribution in [0.25, 0.3) is 0 Å². The van der Waals surface area contributed by atoms with Crippen LogP contribution in [0.5, 0.6) is 0 Å². The molecule has 2 atom stereocenters. The predicted molar refractivity (Wildman–Crippen MR) is 81.9 cm³/mol. The molecule has 2 unspecified atom stereocenters. The molecule has 0 aliphatic carbocycles. The molecule has 2 aliphatic rings. The fourth-order valence-electron chi connectivity index (χ4n) is 2.08. The van der Waals surface area contributed by atoms with Crippen LogP contribution in [-0.2, 0) is 19.1 Å². The fourth-order valence-corrected chi connectivity index (χ4v) is 2.08. The van der Waals surface area contributed by atoms with Gasteiger partial charge in [0.1, 0.15) is 5.92 Å². The summed E-state index contributed by atoms with van der Waals surface area (Å²) in [6.45, 7) is 8.54. The zero-order chi connectivity index (χ0) is 17.1. The van der Waals surface area contributed by atoms with E-state index in [2.05, 4.69) is 10.6 Å². The fraction of sp³-hybridized carbons (Fsp3) is 0.667. The average Bonchev–Trinajstić information content (AvgIpc) is 2.50. The molecule has 7 heteroatoms. The molecule has 0 saturated carbocycles. The van der Waals surface area contributed by atoms with E-state index in [1.54, 1.807) is 7.11 Å². The highest BCUT2D eigenvalue weighted by atomic mass is 16.6. The number of amides is 3. The summed E-state index contributed by atoms with van der Waals surface area (Å²) in [6.07, 6.45) is 1.66. The molecule has 2 aliphatic heterocycles. The molecule has 22 heavy (non-hydrogen) atoms. The van der Waals surface area contributed by atoms with Gasteiger partial charge in [-0.05, 0) is 18.4 Å². The number of methoxy groups -OCH3 is 1. The van der Waals surface area contributed by atoms with E-state index < -0.39 is 30.1 Å². The number of hydrogen-bond donors (Lipinski definition) is 2. The van der Waals surface area contributed by atoms with Crippen molar-refractivity contribution < 1.29 is 23.9 Å². The second-order valence-corrected chi connectivity index (χ2v) is 4.11. The molecule has 0 bridgehead atoms. The van der Waals surface area contributed by atoms with E-state index >= 15 is 0 Å². The quantitative estimate of drug-likeness (QED) is 0.609. The van der Waals surface area contributed by atoms with Gasteiger partial charge in [-0.3, -0.25) is 10.1 Å². The second-order valence-electron chi connectivity index (χ2n) is 4.11. The number of imide groups is 1. The summed E-state index contributed by atoms with van der Waals surface area (Å²) in [5.74, 6) is -1.63. The van der Waals surface area contributed by atoms with Gasteiger partial charge in [0.25, 0.3) is 0 Å². The largest absolute Gasteiger partial charge is 0.437 e. The summed E-state index contributed by atoms with van der Waals surface area (Å²) in [6, 6.07) is -0.646. The van der Waals surface area contributed by atoms with Gasteiger partial charge in [-0.15, -0.1) is 0 Å². The van der Waals surface area contributed by atoms with Gasteiger partial charge in [0.15, 0.2) is 6.23 Å². The summed E-state index contributed by atoms with van der Waals surface area (Å²) in [5.41, 5.74) is 0.658. The lowest BCUT2D eigenvalue weighted by Crippen LogP contribution is -2.61. The molecule has 0 aromatic carbocycles. The number of carbonyl (C=O) groups is 3. The molecule has 2 heterocycles. The molecule has 0 spiro atoms. The normalized spacial score (nSPS) is 22.4. The van der Waals surface area contributed by atoms with Crippen LogP contribution >= 0.6 is 0 Å². The van der Waals surface area contributed by atoms with Gasteiger partial charge < -0.3 is 14.8 Å². The van der Waals surface area contributed by atoms with Crippen molar-refractivity contribution in [3.05, 3.63) is 11.6 Å². The maximum absolute atomic E-state index is 11.8. The van der Waals surface area contributed by atoms with Crippen molar-refractivity contribution in [2.75, 3.05) is 13.7 Å². The standard InChI is InChI=1S/C11H14N2O5.2C2H6/c1-17-4-2-3-6-5-7(14)18-10-8(6)9(15)12-11(16)13-10;2*1-2/h5,8,10H,2-4H2,1H3,(H2,12,13,15,16);2*1-2H3. The highest BCUT2D eigenvalue weighted by molar-refractivity contribution is 6.01. The van der Waals surface area contributed by atoms with Crippen LogP contribution < -0.4 is 10.6 Å². The molecule has 0 aromatic rings. The Labute approximate surface area is 131 Å². The van der Waals surface area contributed by atoms with Gasteiger partial charge in [-0.25, -0.2) is 9.59 Å². The number of esters is 1. The van der Waals surface area contributed by atoms with E-state index in [4.69, 9.17) is 9.47 Å². The van der Waals surface area contributed by atoms with Gasteiger partial charge in [0.05, 0.1) is 0 Å². The minimum Gasteiger partial charge on any atom is -0.437 e. The first-order valence-electron chi connectivity index (χ1n) is 7.63. The van der Waals surface area contributed by atoms with Crippen molar-refractivity contribution in [3.8, 4) is 0 Å². The van der Waals surface area contributed by atoms with E-state index in [-0.39, 0.29) is 0 Å². The zero-order valence-corrected chi connectivity index (χ0v) is 13.9. The SMILES string of the molecule is CC.CC.COCCCC1=CC(=O)OC2NC(=O)NC(=O)C12. The molecule has 126 valence electrons. The maximum Gasteiger partial charge on any atom is 0.332 e. The molecule has 1 saturated heterocycles. The van der Waals surface area contributed by atoms with Crippen molar-refractivity contribution in [2.45, 2.75) is 46.8 Å². The molecule has 0 radical (unpaired) electrons. The van der Waals surface area contributed by atoms with Crippen LogP contribution in [0.3, 0.4) is 0 Å². The number of fused-ring (bicyclic) bond motifs is 1. The average molecular weight is 314 g/mol. The number of nitrogens with one attached hydrogen (secondary N) is 2. The van der Waals surface area contributed by atoms with Crippen LogP contribution in [0.2, 0.25) is 0 Å². The number of ether oxygens (including phenoxy) is 2. The van der Waals surface area contributed by atoms with Gasteiger partial charge in [-0.2, -0.15) is 0 Å². The van der Waals surface area contributed by atoms with Crippen molar-refractivity contribution in [3.63, 3.8) is 0 Å². The number of rotatable bonds is 4. The Balaban J connectivity index is 0.00000102. The Kier molecular flexibility index (Phi) is 9.86. The predicted octanol–water partition coefficient (Wildman–Crippen LogP) is 1.73. The smallest absolute Gasteiger partial charge is 0.332 e.